The number of hydrogen-bond donors (Lipinski definition) is 5. The number of β-amino-alcohol motifs (C(OH)–C–C–N with tert-alkyl or cyclic N) is 1. The minimum atomic E-state index is -0.894. The van der Waals surface area contributed by atoms with Gasteiger partial charge in [0, 0.05) is 64.4 Å². The lowest BCUT2D eigenvalue weighted by molar-refractivity contribution is -0.144. The van der Waals surface area contributed by atoms with Gasteiger partial charge in [-0.1, -0.05) is 45.0 Å². The summed E-state index contributed by atoms with van der Waals surface area (Å²) in [7, 11) is 0. The molecule has 5 heterocycles. The highest BCUT2D eigenvalue weighted by Gasteiger charge is 2.45. The number of rotatable bonds is 12. The van der Waals surface area contributed by atoms with Crippen LogP contribution in [0, 0.1) is 17.8 Å². The van der Waals surface area contributed by atoms with Gasteiger partial charge in [-0.05, 0) is 140 Å². The Morgan fingerprint density at radius 3 is 2.12 bits per heavy atom. The fraction of sp³-hybridized carbons (Fsp3) is 0.389. The summed E-state index contributed by atoms with van der Waals surface area (Å²) in [5.74, 6) is -0.770. The van der Waals surface area contributed by atoms with Crippen molar-refractivity contribution in [2.45, 2.75) is 84.5 Å². The van der Waals surface area contributed by atoms with Gasteiger partial charge >= 0.3 is 0 Å². The first kappa shape index (κ1) is 47.9. The Bertz CT molecular complexity index is 2840. The predicted molar refractivity (Wildman–Crippen MR) is 272 cm³/mol. The zero-order chi connectivity index (χ0) is 48.6. The third-order valence-electron chi connectivity index (χ3n) is 14.3. The number of anilines is 1. The fourth-order valence-electron chi connectivity index (χ4n) is 10.2. The minimum absolute atomic E-state index is 0.0171. The maximum absolute atomic E-state index is 14.3. The number of thiazole rings is 1. The lowest BCUT2D eigenvalue weighted by Gasteiger charge is -2.47. The van der Waals surface area contributed by atoms with E-state index in [0.717, 1.165) is 99.8 Å². The van der Waals surface area contributed by atoms with Gasteiger partial charge in [0.1, 0.15) is 23.6 Å². The van der Waals surface area contributed by atoms with Crippen LogP contribution in [0.2, 0.25) is 0 Å². The molecule has 6 aromatic rings. The molecule has 5 N–H and O–H groups in total. The zero-order valence-corrected chi connectivity index (χ0v) is 41.2. The average Bonchev–Trinajstić information content (AvgIpc) is 4.07. The molecule has 3 aliphatic heterocycles. The van der Waals surface area contributed by atoms with E-state index in [9.17, 15) is 34.5 Å². The standard InChI is InChI=1S/C54H60N6O7S2/c1-33-48(68-32-56-33)36-7-5-34(6-8-36)29-55-51(66)43-27-41(63)30-60(43)52(67)50(53(2,3)4)57-45(64)31-58-23-19-54(20-24-58)21-25-59(26-22-54)38-13-9-35(10-14-38)47(65)46-42-18-17-40(62)28-44(42)69-49(46)37-11-15-39(61)16-12-37/h5-18,28,32,41,43,50,61-63H,19-27,29-31H2,1-4H3,(H,55,66)(H,57,64)/t41-,43+,50-/m1/s1. The van der Waals surface area contributed by atoms with Gasteiger partial charge in [-0.2, -0.15) is 0 Å². The van der Waals surface area contributed by atoms with E-state index in [2.05, 4.69) is 25.4 Å². The van der Waals surface area contributed by atoms with Crippen molar-refractivity contribution in [3.63, 3.8) is 0 Å². The smallest absolute Gasteiger partial charge is 0.246 e. The predicted octanol–water partition coefficient (Wildman–Crippen LogP) is 8.13. The quantitative estimate of drug-likeness (QED) is 0.0754. The summed E-state index contributed by atoms with van der Waals surface area (Å²) in [6, 6.07) is 25.9. The van der Waals surface area contributed by atoms with Gasteiger partial charge in [-0.15, -0.1) is 22.7 Å². The highest BCUT2D eigenvalue weighted by molar-refractivity contribution is 7.22. The number of aryl methyl sites for hydroxylation is 1. The van der Waals surface area contributed by atoms with Crippen LogP contribution in [0.1, 0.15) is 80.1 Å². The molecule has 9 rings (SSSR count). The molecule has 3 amide bonds. The molecular weight excluding hydrogens is 909 g/mol. The topological polar surface area (TPSA) is 176 Å². The molecule has 4 aromatic carbocycles. The first-order valence-corrected chi connectivity index (χ1v) is 25.5. The molecule has 0 unspecified atom stereocenters. The number of piperidine rings is 2. The fourth-order valence-corrected chi connectivity index (χ4v) is 12.3. The van der Waals surface area contributed by atoms with E-state index in [4.69, 9.17) is 0 Å². The summed E-state index contributed by atoms with van der Waals surface area (Å²) in [6.45, 7) is 11.5. The Morgan fingerprint density at radius 2 is 1.46 bits per heavy atom. The summed E-state index contributed by atoms with van der Waals surface area (Å²) in [5, 5.41) is 37.6. The van der Waals surface area contributed by atoms with E-state index in [-0.39, 0.29) is 66.5 Å². The van der Waals surface area contributed by atoms with Crippen molar-refractivity contribution < 1.29 is 34.5 Å². The van der Waals surface area contributed by atoms with E-state index in [1.54, 1.807) is 53.8 Å². The number of aliphatic hydroxyl groups is 1. The molecule has 3 fully saturated rings. The number of ketones is 1. The van der Waals surface area contributed by atoms with Crippen LogP contribution >= 0.6 is 22.7 Å². The summed E-state index contributed by atoms with van der Waals surface area (Å²) >= 11 is 3.02. The van der Waals surface area contributed by atoms with Gasteiger partial charge < -0.3 is 35.8 Å². The summed E-state index contributed by atoms with van der Waals surface area (Å²) in [4.78, 5) is 67.9. The van der Waals surface area contributed by atoms with Crippen molar-refractivity contribution >= 4 is 62.0 Å². The normalized spacial score (nSPS) is 18.9. The van der Waals surface area contributed by atoms with E-state index in [1.807, 2.05) is 81.7 Å². The molecule has 1 spiro atoms. The molecule has 0 saturated carbocycles. The van der Waals surface area contributed by atoms with Crippen LogP contribution in [-0.2, 0) is 20.9 Å². The molecule has 0 aliphatic carbocycles. The van der Waals surface area contributed by atoms with Crippen LogP contribution in [-0.4, -0.2) is 111 Å². The Kier molecular flexibility index (Phi) is 13.7. The van der Waals surface area contributed by atoms with Gasteiger partial charge in [0.25, 0.3) is 0 Å². The van der Waals surface area contributed by atoms with Crippen LogP contribution < -0.4 is 15.5 Å². The average molecular weight is 969 g/mol. The van der Waals surface area contributed by atoms with Crippen LogP contribution in [0.5, 0.6) is 11.5 Å². The number of aliphatic hydroxyl groups excluding tert-OH is 1. The molecule has 3 saturated heterocycles. The highest BCUT2D eigenvalue weighted by atomic mass is 32.1. The number of carbonyl (C=O) groups excluding carboxylic acids is 4. The molecule has 0 radical (unpaired) electrons. The van der Waals surface area contributed by atoms with Crippen molar-refractivity contribution in [2.24, 2.45) is 10.8 Å². The number of phenolic OH excluding ortho intramolecular Hbond substituents is 2. The SMILES string of the molecule is Cc1ncsc1-c1ccc(CNC(=O)[C@@H]2C[C@@H](O)CN2C(=O)[C@@H](NC(=O)CN2CCC3(CC2)CCN(c2ccc(C(=O)c4c(-c5ccc(O)cc5)sc5cc(O)ccc45)cc2)CC3)C(C)(C)C)cc1. The van der Waals surface area contributed by atoms with Crippen molar-refractivity contribution in [1.82, 2.24) is 25.4 Å². The van der Waals surface area contributed by atoms with E-state index >= 15 is 0 Å². The van der Waals surface area contributed by atoms with Crippen LogP contribution in [0.15, 0.2) is 96.5 Å². The number of phenols is 2. The van der Waals surface area contributed by atoms with Crippen molar-refractivity contribution in [1.29, 1.82) is 0 Å². The first-order chi connectivity index (χ1) is 33.0. The molecular formula is C54H60N6O7S2. The lowest BCUT2D eigenvalue weighted by atomic mass is 9.71. The van der Waals surface area contributed by atoms with Crippen LogP contribution in [0.3, 0.4) is 0 Å². The van der Waals surface area contributed by atoms with E-state index in [1.165, 1.54) is 16.2 Å². The van der Waals surface area contributed by atoms with E-state index in [0.29, 0.717) is 11.1 Å². The van der Waals surface area contributed by atoms with Crippen molar-refractivity contribution in [3.05, 3.63) is 119 Å². The van der Waals surface area contributed by atoms with E-state index < -0.39 is 23.6 Å². The molecule has 0 bridgehead atoms. The second-order valence-corrected chi connectivity index (χ2v) is 22.0. The van der Waals surface area contributed by atoms with Crippen LogP contribution in [0.4, 0.5) is 5.69 Å². The third-order valence-corrected chi connectivity index (χ3v) is 16.5. The number of aromatic nitrogens is 1. The zero-order valence-electron chi connectivity index (χ0n) is 39.5. The second kappa shape index (κ2) is 19.7. The molecule has 3 atom stereocenters. The minimum Gasteiger partial charge on any atom is -0.508 e. The Balaban J connectivity index is 0.764. The number of carbonyl (C=O) groups is 4. The largest absolute Gasteiger partial charge is 0.508 e. The van der Waals surface area contributed by atoms with Gasteiger partial charge in [0.05, 0.1) is 28.7 Å². The van der Waals surface area contributed by atoms with Gasteiger partial charge in [-0.25, -0.2) is 4.98 Å². The van der Waals surface area contributed by atoms with Gasteiger partial charge in [0.15, 0.2) is 5.78 Å². The molecule has 13 nitrogen and oxygen atoms in total. The number of aromatic hydroxyl groups is 2. The molecule has 2 aromatic heterocycles. The van der Waals surface area contributed by atoms with Crippen LogP contribution in [0.25, 0.3) is 31.0 Å². The molecule has 360 valence electrons. The molecule has 15 heteroatoms. The maximum atomic E-state index is 14.3. The number of benzene rings is 4. The number of nitrogens with zero attached hydrogens (tertiary/aromatic N) is 4. The number of amides is 3. The Hall–Kier alpha value is -6.13. The van der Waals surface area contributed by atoms with Gasteiger partial charge in [-0.3, -0.25) is 24.1 Å². The summed E-state index contributed by atoms with van der Waals surface area (Å²) in [5.41, 5.74) is 7.33. The number of nitrogens with one attached hydrogen (secondary N) is 2. The van der Waals surface area contributed by atoms with Gasteiger partial charge in [0.2, 0.25) is 17.7 Å². The number of thiophene rings is 1. The first-order valence-electron chi connectivity index (χ1n) is 23.8. The van der Waals surface area contributed by atoms with Crippen molar-refractivity contribution in [2.75, 3.05) is 44.2 Å². The maximum Gasteiger partial charge on any atom is 0.246 e. The number of fused-ring (bicyclic) bond motifs is 1. The van der Waals surface area contributed by atoms with Crippen molar-refractivity contribution in [3.8, 4) is 32.4 Å². The second-order valence-electron chi connectivity index (χ2n) is 20.1. The molecule has 3 aliphatic rings. The Labute approximate surface area is 410 Å². The summed E-state index contributed by atoms with van der Waals surface area (Å²) in [6.07, 6.45) is 3.26. The lowest BCUT2D eigenvalue weighted by Crippen LogP contribution is -2.59. The third kappa shape index (κ3) is 10.4. The molecule has 69 heavy (non-hydrogen) atoms. The number of hydrogen-bond acceptors (Lipinski definition) is 12. The highest BCUT2D eigenvalue weighted by Crippen LogP contribution is 2.44. The Morgan fingerprint density at radius 1 is 0.826 bits per heavy atom. The number of likely N-dealkylation sites (tertiary alicyclic amines) is 2. The monoisotopic (exact) mass is 968 g/mol. The summed E-state index contributed by atoms with van der Waals surface area (Å²) < 4.78 is 0.810.